The predicted octanol–water partition coefficient (Wildman–Crippen LogP) is 2.71. The molecular formula is C20H23ClN4O2. The van der Waals surface area contributed by atoms with E-state index in [2.05, 4.69) is 22.2 Å². The number of para-hydroxylation sites is 1. The zero-order valence-electron chi connectivity index (χ0n) is 15.2. The largest absolute Gasteiger partial charge is 0.381 e. The number of amides is 1. The van der Waals surface area contributed by atoms with Crippen LogP contribution in [0.2, 0.25) is 5.02 Å². The summed E-state index contributed by atoms with van der Waals surface area (Å²) in [5, 5.41) is 4.45. The van der Waals surface area contributed by atoms with E-state index in [4.69, 9.17) is 22.2 Å². The molecule has 1 fully saturated rings. The first-order valence-corrected chi connectivity index (χ1v) is 9.26. The van der Waals surface area contributed by atoms with Crippen molar-refractivity contribution in [3.05, 3.63) is 65.2 Å². The predicted molar refractivity (Wildman–Crippen MR) is 108 cm³/mol. The van der Waals surface area contributed by atoms with Crippen LogP contribution in [0.15, 0.2) is 59.8 Å². The first-order chi connectivity index (χ1) is 13.0. The third kappa shape index (κ3) is 4.92. The van der Waals surface area contributed by atoms with Gasteiger partial charge in [0.1, 0.15) is 0 Å². The van der Waals surface area contributed by atoms with Crippen molar-refractivity contribution in [2.75, 3.05) is 31.1 Å². The fourth-order valence-electron chi connectivity index (χ4n) is 2.96. The van der Waals surface area contributed by atoms with Crippen molar-refractivity contribution in [1.29, 1.82) is 0 Å². The van der Waals surface area contributed by atoms with Gasteiger partial charge in [-0.2, -0.15) is 0 Å². The minimum atomic E-state index is -0.703. The summed E-state index contributed by atoms with van der Waals surface area (Å²) in [6.07, 6.45) is -0.703. The van der Waals surface area contributed by atoms with Crippen molar-refractivity contribution in [1.82, 2.24) is 4.90 Å². The maximum Gasteiger partial charge on any atom is 0.266 e. The van der Waals surface area contributed by atoms with Gasteiger partial charge in [-0.3, -0.25) is 4.79 Å². The molecular weight excluding hydrogens is 364 g/mol. The summed E-state index contributed by atoms with van der Waals surface area (Å²) in [7, 11) is 0. The third-order valence-corrected chi connectivity index (χ3v) is 4.73. The van der Waals surface area contributed by atoms with Crippen molar-refractivity contribution < 1.29 is 9.63 Å². The molecule has 1 amide bonds. The van der Waals surface area contributed by atoms with Crippen LogP contribution in [-0.4, -0.2) is 48.9 Å². The Labute approximate surface area is 164 Å². The minimum absolute atomic E-state index is 0.0923. The van der Waals surface area contributed by atoms with Gasteiger partial charge >= 0.3 is 0 Å². The molecule has 0 saturated carbocycles. The van der Waals surface area contributed by atoms with Gasteiger partial charge in [-0.1, -0.05) is 47.1 Å². The zero-order chi connectivity index (χ0) is 19.2. The van der Waals surface area contributed by atoms with Crippen molar-refractivity contribution >= 4 is 29.0 Å². The first-order valence-electron chi connectivity index (χ1n) is 8.88. The molecule has 1 atom stereocenters. The van der Waals surface area contributed by atoms with Crippen molar-refractivity contribution in [2.45, 2.75) is 13.0 Å². The Bertz CT molecular complexity index is 805. The molecule has 0 spiro atoms. The van der Waals surface area contributed by atoms with Gasteiger partial charge in [0.15, 0.2) is 5.84 Å². The Morgan fingerprint density at radius 3 is 2.48 bits per heavy atom. The van der Waals surface area contributed by atoms with Crippen molar-refractivity contribution in [2.24, 2.45) is 10.9 Å². The maximum atomic E-state index is 12.6. The molecule has 2 aromatic carbocycles. The fourth-order valence-corrected chi connectivity index (χ4v) is 3.15. The van der Waals surface area contributed by atoms with Crippen LogP contribution in [0.4, 0.5) is 5.69 Å². The first kappa shape index (κ1) is 19.0. The number of hydrogen-bond acceptors (Lipinski definition) is 4. The van der Waals surface area contributed by atoms with Crippen LogP contribution in [0.5, 0.6) is 0 Å². The van der Waals surface area contributed by atoms with Gasteiger partial charge in [0.25, 0.3) is 5.91 Å². The van der Waals surface area contributed by atoms with E-state index in [0.29, 0.717) is 23.7 Å². The molecule has 1 heterocycles. The molecule has 1 saturated heterocycles. The highest BCUT2D eigenvalue weighted by atomic mass is 35.5. The summed E-state index contributed by atoms with van der Waals surface area (Å²) < 4.78 is 0. The minimum Gasteiger partial charge on any atom is -0.381 e. The molecule has 142 valence electrons. The quantitative estimate of drug-likeness (QED) is 0.487. The normalized spacial score (nSPS) is 16.1. The summed E-state index contributed by atoms with van der Waals surface area (Å²) in [5.74, 6) is 0.0939. The monoisotopic (exact) mass is 386 g/mol. The van der Waals surface area contributed by atoms with E-state index >= 15 is 0 Å². The SMILES string of the molecule is CC(O/N=C(\N)c1cccc(Cl)c1)C(=O)N1CCN(c2ccccc2)CC1. The average molecular weight is 387 g/mol. The second-order valence-electron chi connectivity index (χ2n) is 6.38. The Morgan fingerprint density at radius 1 is 1.11 bits per heavy atom. The van der Waals surface area contributed by atoms with Gasteiger partial charge in [-0.05, 0) is 31.2 Å². The van der Waals surface area contributed by atoms with Crippen LogP contribution in [-0.2, 0) is 9.63 Å². The van der Waals surface area contributed by atoms with E-state index in [-0.39, 0.29) is 11.7 Å². The molecule has 0 aliphatic carbocycles. The lowest BCUT2D eigenvalue weighted by molar-refractivity contribution is -0.142. The highest BCUT2D eigenvalue weighted by Crippen LogP contribution is 2.16. The molecule has 0 radical (unpaired) electrons. The molecule has 0 bridgehead atoms. The number of piperazine rings is 1. The van der Waals surface area contributed by atoms with Crippen LogP contribution in [0.3, 0.4) is 0 Å². The molecule has 27 heavy (non-hydrogen) atoms. The lowest BCUT2D eigenvalue weighted by atomic mass is 10.2. The Balaban J connectivity index is 1.53. The maximum absolute atomic E-state index is 12.6. The van der Waals surface area contributed by atoms with Crippen LogP contribution < -0.4 is 10.6 Å². The van der Waals surface area contributed by atoms with Gasteiger partial charge in [0, 0.05) is 42.5 Å². The molecule has 2 N–H and O–H groups in total. The van der Waals surface area contributed by atoms with E-state index < -0.39 is 6.10 Å². The number of carbonyl (C=O) groups is 1. The number of carbonyl (C=O) groups excluding carboxylic acids is 1. The summed E-state index contributed by atoms with van der Waals surface area (Å²) in [6, 6.07) is 17.2. The van der Waals surface area contributed by atoms with Gasteiger partial charge in [-0.25, -0.2) is 0 Å². The van der Waals surface area contributed by atoms with Crippen LogP contribution in [0.1, 0.15) is 12.5 Å². The second kappa shape index (κ2) is 8.77. The average Bonchev–Trinajstić information content (AvgIpc) is 2.72. The van der Waals surface area contributed by atoms with E-state index in [1.807, 2.05) is 18.2 Å². The highest BCUT2D eigenvalue weighted by molar-refractivity contribution is 6.31. The number of nitrogens with two attached hydrogens (primary N) is 1. The molecule has 1 aliphatic heterocycles. The number of anilines is 1. The summed E-state index contributed by atoms with van der Waals surface area (Å²) >= 11 is 5.94. The summed E-state index contributed by atoms with van der Waals surface area (Å²) in [5.41, 5.74) is 7.73. The van der Waals surface area contributed by atoms with Gasteiger partial charge in [-0.15, -0.1) is 0 Å². The fraction of sp³-hybridized carbons (Fsp3) is 0.300. The van der Waals surface area contributed by atoms with Crippen molar-refractivity contribution in [3.8, 4) is 0 Å². The zero-order valence-corrected chi connectivity index (χ0v) is 16.0. The van der Waals surface area contributed by atoms with Gasteiger partial charge in [0.05, 0.1) is 0 Å². The lowest BCUT2D eigenvalue weighted by Gasteiger charge is -2.36. The van der Waals surface area contributed by atoms with Crippen LogP contribution in [0, 0.1) is 0 Å². The molecule has 1 aliphatic rings. The number of benzene rings is 2. The van der Waals surface area contributed by atoms with E-state index in [1.54, 1.807) is 36.1 Å². The Kier molecular flexibility index (Phi) is 6.19. The number of nitrogens with zero attached hydrogens (tertiary/aromatic N) is 3. The number of hydrogen-bond donors (Lipinski definition) is 1. The van der Waals surface area contributed by atoms with Gasteiger partial charge in [0.2, 0.25) is 6.10 Å². The number of halogens is 1. The molecule has 7 heteroatoms. The van der Waals surface area contributed by atoms with Crippen molar-refractivity contribution in [3.63, 3.8) is 0 Å². The summed E-state index contributed by atoms with van der Waals surface area (Å²) in [4.78, 5) is 22.0. The van der Waals surface area contributed by atoms with E-state index in [0.717, 1.165) is 13.1 Å². The second-order valence-corrected chi connectivity index (χ2v) is 6.82. The third-order valence-electron chi connectivity index (χ3n) is 4.49. The Hall–Kier alpha value is -2.73. The number of amidine groups is 1. The number of oxime groups is 1. The number of rotatable bonds is 5. The standard InChI is InChI=1S/C20H23ClN4O2/c1-15(27-23-19(22)16-6-5-7-17(21)14-16)20(26)25-12-10-24(11-13-25)18-8-3-2-4-9-18/h2-9,14-15H,10-13H2,1H3,(H2,22,23). The lowest BCUT2D eigenvalue weighted by Crippen LogP contribution is -2.51. The van der Waals surface area contributed by atoms with Gasteiger partial charge < -0.3 is 20.4 Å². The molecule has 2 aromatic rings. The molecule has 6 nitrogen and oxygen atoms in total. The Morgan fingerprint density at radius 2 is 1.81 bits per heavy atom. The van der Waals surface area contributed by atoms with E-state index in [1.165, 1.54) is 5.69 Å². The molecule has 1 unspecified atom stereocenters. The van der Waals surface area contributed by atoms with Crippen LogP contribution in [0.25, 0.3) is 0 Å². The topological polar surface area (TPSA) is 71.2 Å². The van der Waals surface area contributed by atoms with E-state index in [9.17, 15) is 4.79 Å². The van der Waals surface area contributed by atoms with Crippen LogP contribution >= 0.6 is 11.6 Å². The molecule has 3 rings (SSSR count). The summed E-state index contributed by atoms with van der Waals surface area (Å²) in [6.45, 7) is 4.55. The highest BCUT2D eigenvalue weighted by Gasteiger charge is 2.26. The smallest absolute Gasteiger partial charge is 0.266 e. The molecule has 0 aromatic heterocycles.